The van der Waals surface area contributed by atoms with Gasteiger partial charge in [0.2, 0.25) is 5.91 Å². The molecule has 0 fully saturated rings. The Balaban J connectivity index is 1.88. The molecule has 1 unspecified atom stereocenters. The van der Waals surface area contributed by atoms with E-state index in [1.165, 1.54) is 11.3 Å². The first-order chi connectivity index (χ1) is 11.2. The van der Waals surface area contributed by atoms with Crippen molar-refractivity contribution in [2.45, 2.75) is 19.5 Å². The van der Waals surface area contributed by atoms with Gasteiger partial charge in [-0.15, -0.1) is 11.3 Å². The lowest BCUT2D eigenvalue weighted by Gasteiger charge is -2.32. The third kappa shape index (κ3) is 2.81. The lowest BCUT2D eigenvalue weighted by atomic mass is 10.1. The predicted octanol–water partition coefficient (Wildman–Crippen LogP) is 1.29. The first-order valence-corrected chi connectivity index (χ1v) is 8.27. The Morgan fingerprint density at radius 3 is 3.04 bits per heavy atom. The summed E-state index contributed by atoms with van der Waals surface area (Å²) in [4.78, 5) is 27.2. The highest BCUT2D eigenvalue weighted by Crippen LogP contribution is 2.29. The van der Waals surface area contributed by atoms with Crippen LogP contribution in [0.5, 0.6) is 5.75 Å². The van der Waals surface area contributed by atoms with E-state index >= 15 is 0 Å². The SMILES string of the molecule is CCOc1ccsc1C(=O)N1Cc2ccnn2C(C(=O)NC)C1. The van der Waals surface area contributed by atoms with Gasteiger partial charge in [0.1, 0.15) is 16.7 Å². The van der Waals surface area contributed by atoms with Crippen molar-refractivity contribution in [1.82, 2.24) is 20.0 Å². The second kappa shape index (κ2) is 6.41. The average molecular weight is 334 g/mol. The van der Waals surface area contributed by atoms with Crippen LogP contribution in [0.4, 0.5) is 0 Å². The number of nitrogens with one attached hydrogen (secondary N) is 1. The zero-order chi connectivity index (χ0) is 16.4. The number of hydrogen-bond acceptors (Lipinski definition) is 5. The van der Waals surface area contributed by atoms with Crippen LogP contribution in [-0.2, 0) is 11.3 Å². The zero-order valence-electron chi connectivity index (χ0n) is 13.0. The number of thiophene rings is 1. The molecule has 3 heterocycles. The molecule has 122 valence electrons. The molecule has 2 aromatic rings. The minimum atomic E-state index is -0.516. The lowest BCUT2D eigenvalue weighted by molar-refractivity contribution is -0.125. The van der Waals surface area contributed by atoms with E-state index in [1.54, 1.807) is 28.9 Å². The number of amides is 2. The Hall–Kier alpha value is -2.35. The highest BCUT2D eigenvalue weighted by Gasteiger charge is 2.34. The zero-order valence-corrected chi connectivity index (χ0v) is 13.8. The summed E-state index contributed by atoms with van der Waals surface area (Å²) in [6.45, 7) is 3.10. The van der Waals surface area contributed by atoms with Crippen molar-refractivity contribution in [2.24, 2.45) is 0 Å². The summed E-state index contributed by atoms with van der Waals surface area (Å²) in [6.07, 6.45) is 1.65. The molecular formula is C15H18N4O3S. The maximum Gasteiger partial charge on any atom is 0.268 e. The fraction of sp³-hybridized carbons (Fsp3) is 0.400. The Morgan fingerprint density at radius 1 is 1.48 bits per heavy atom. The fourth-order valence-corrected chi connectivity index (χ4v) is 3.48. The number of likely N-dealkylation sites (N-methyl/N-ethyl adjacent to an activating group) is 1. The third-order valence-electron chi connectivity index (χ3n) is 3.75. The molecule has 0 saturated heterocycles. The van der Waals surface area contributed by atoms with Gasteiger partial charge >= 0.3 is 0 Å². The summed E-state index contributed by atoms with van der Waals surface area (Å²) in [5, 5.41) is 8.67. The molecule has 2 aromatic heterocycles. The monoisotopic (exact) mass is 334 g/mol. The van der Waals surface area contributed by atoms with E-state index in [9.17, 15) is 9.59 Å². The molecule has 3 rings (SSSR count). The summed E-state index contributed by atoms with van der Waals surface area (Å²) < 4.78 is 7.19. The molecule has 2 amide bonds. The topological polar surface area (TPSA) is 76.5 Å². The van der Waals surface area contributed by atoms with E-state index in [0.29, 0.717) is 23.8 Å². The molecule has 1 aliphatic heterocycles. The summed E-state index contributed by atoms with van der Waals surface area (Å²) in [7, 11) is 1.58. The number of carbonyl (C=O) groups is 2. The van der Waals surface area contributed by atoms with Crippen LogP contribution in [0.25, 0.3) is 0 Å². The van der Waals surface area contributed by atoms with Crippen LogP contribution in [-0.4, -0.2) is 46.7 Å². The lowest BCUT2D eigenvalue weighted by Crippen LogP contribution is -2.46. The van der Waals surface area contributed by atoms with Crippen LogP contribution < -0.4 is 10.1 Å². The molecule has 0 aliphatic carbocycles. The first kappa shape index (κ1) is 15.5. The van der Waals surface area contributed by atoms with Crippen molar-refractivity contribution in [3.63, 3.8) is 0 Å². The van der Waals surface area contributed by atoms with Crippen molar-refractivity contribution >= 4 is 23.2 Å². The van der Waals surface area contributed by atoms with E-state index < -0.39 is 6.04 Å². The van der Waals surface area contributed by atoms with Crippen LogP contribution in [0.1, 0.15) is 28.3 Å². The molecular weight excluding hydrogens is 316 g/mol. The Morgan fingerprint density at radius 2 is 2.30 bits per heavy atom. The van der Waals surface area contributed by atoms with Gasteiger partial charge < -0.3 is 15.0 Å². The van der Waals surface area contributed by atoms with Gasteiger partial charge in [-0.3, -0.25) is 14.3 Å². The molecule has 7 nitrogen and oxygen atoms in total. The molecule has 1 N–H and O–H groups in total. The first-order valence-electron chi connectivity index (χ1n) is 7.39. The smallest absolute Gasteiger partial charge is 0.268 e. The number of aromatic nitrogens is 2. The van der Waals surface area contributed by atoms with E-state index in [-0.39, 0.29) is 18.4 Å². The Bertz CT molecular complexity index is 724. The summed E-state index contributed by atoms with van der Waals surface area (Å²) in [6, 6.07) is 3.11. The van der Waals surface area contributed by atoms with Gasteiger partial charge in [0, 0.05) is 13.2 Å². The maximum atomic E-state index is 12.8. The number of carbonyl (C=O) groups excluding carboxylic acids is 2. The van der Waals surface area contributed by atoms with E-state index in [4.69, 9.17) is 4.74 Å². The third-order valence-corrected chi connectivity index (χ3v) is 4.64. The van der Waals surface area contributed by atoms with Gasteiger partial charge in [-0.2, -0.15) is 5.10 Å². The van der Waals surface area contributed by atoms with Crippen molar-refractivity contribution in [3.8, 4) is 5.75 Å². The number of fused-ring (bicyclic) bond motifs is 1. The van der Waals surface area contributed by atoms with Crippen molar-refractivity contribution in [2.75, 3.05) is 20.2 Å². The van der Waals surface area contributed by atoms with Gasteiger partial charge in [-0.05, 0) is 24.4 Å². The standard InChI is InChI=1S/C15H18N4O3S/c1-3-22-12-5-7-23-13(12)15(21)18-8-10-4-6-17-19(10)11(9-18)14(20)16-2/h4-7,11H,3,8-9H2,1-2H3,(H,16,20). The minimum Gasteiger partial charge on any atom is -0.492 e. The van der Waals surface area contributed by atoms with E-state index in [2.05, 4.69) is 10.4 Å². The molecule has 1 aliphatic rings. The largest absolute Gasteiger partial charge is 0.492 e. The van der Waals surface area contributed by atoms with E-state index in [0.717, 1.165) is 5.69 Å². The molecule has 23 heavy (non-hydrogen) atoms. The van der Waals surface area contributed by atoms with Gasteiger partial charge in [0.25, 0.3) is 5.91 Å². The van der Waals surface area contributed by atoms with Crippen LogP contribution in [0.3, 0.4) is 0 Å². The maximum absolute atomic E-state index is 12.8. The van der Waals surface area contributed by atoms with Crippen LogP contribution in [0.2, 0.25) is 0 Å². The second-order valence-corrected chi connectivity index (χ2v) is 6.05. The number of rotatable bonds is 4. The molecule has 0 radical (unpaired) electrons. The minimum absolute atomic E-state index is 0.121. The van der Waals surface area contributed by atoms with Crippen LogP contribution in [0.15, 0.2) is 23.7 Å². The predicted molar refractivity (Wildman–Crippen MR) is 85.6 cm³/mol. The molecule has 0 spiro atoms. The van der Waals surface area contributed by atoms with Gasteiger partial charge in [0.05, 0.1) is 25.4 Å². The Labute approximate surface area is 137 Å². The van der Waals surface area contributed by atoms with Crippen molar-refractivity contribution in [3.05, 3.63) is 34.3 Å². The summed E-state index contributed by atoms with van der Waals surface area (Å²) in [5.41, 5.74) is 0.840. The Kier molecular flexibility index (Phi) is 4.33. The van der Waals surface area contributed by atoms with Crippen LogP contribution in [0, 0.1) is 0 Å². The number of ether oxygens (including phenoxy) is 1. The normalized spacial score (nSPS) is 16.8. The number of hydrogen-bond donors (Lipinski definition) is 1. The van der Waals surface area contributed by atoms with Gasteiger partial charge in [-0.1, -0.05) is 0 Å². The number of nitrogens with zero attached hydrogens (tertiary/aromatic N) is 3. The quantitative estimate of drug-likeness (QED) is 0.914. The summed E-state index contributed by atoms with van der Waals surface area (Å²) >= 11 is 1.35. The van der Waals surface area contributed by atoms with Crippen LogP contribution >= 0.6 is 11.3 Å². The highest BCUT2D eigenvalue weighted by atomic mass is 32.1. The highest BCUT2D eigenvalue weighted by molar-refractivity contribution is 7.12. The average Bonchev–Trinajstić information content (AvgIpc) is 3.21. The molecule has 0 saturated carbocycles. The molecule has 0 bridgehead atoms. The fourth-order valence-electron chi connectivity index (χ4n) is 2.68. The second-order valence-electron chi connectivity index (χ2n) is 5.13. The molecule has 1 atom stereocenters. The van der Waals surface area contributed by atoms with Gasteiger partial charge in [0.15, 0.2) is 0 Å². The summed E-state index contributed by atoms with van der Waals surface area (Å²) in [5.74, 6) is 0.312. The molecule has 0 aromatic carbocycles. The van der Waals surface area contributed by atoms with Crippen molar-refractivity contribution in [1.29, 1.82) is 0 Å². The van der Waals surface area contributed by atoms with Gasteiger partial charge in [-0.25, -0.2) is 0 Å². The van der Waals surface area contributed by atoms with Crippen molar-refractivity contribution < 1.29 is 14.3 Å². The molecule has 8 heteroatoms. The van der Waals surface area contributed by atoms with E-state index in [1.807, 2.05) is 18.4 Å².